The number of carboxylic acid groups (broad SMARTS) is 1. The van der Waals surface area contributed by atoms with Crippen molar-refractivity contribution in [2.75, 3.05) is 0 Å². The van der Waals surface area contributed by atoms with Gasteiger partial charge in [0.25, 0.3) is 0 Å². The van der Waals surface area contributed by atoms with E-state index >= 15 is 0 Å². The van der Waals surface area contributed by atoms with E-state index < -0.39 is 5.97 Å². The molecular weight excluding hydrogens is 120 g/mol. The molecule has 0 aromatic carbocycles. The quantitative estimate of drug-likeness (QED) is 0.515. The third kappa shape index (κ3) is 0.721. The molecule has 0 bridgehead atoms. The van der Waals surface area contributed by atoms with E-state index in [0.717, 1.165) is 12.8 Å². The van der Waals surface area contributed by atoms with Crippen molar-refractivity contribution in [2.24, 2.45) is 5.92 Å². The number of epoxide rings is 1. The van der Waals surface area contributed by atoms with Crippen LogP contribution in [0.25, 0.3) is 0 Å². The average molecular weight is 128 g/mol. The summed E-state index contributed by atoms with van der Waals surface area (Å²) < 4.78 is 5.07. The van der Waals surface area contributed by atoms with E-state index in [4.69, 9.17) is 9.84 Å². The molecule has 1 heterocycles. The molecule has 1 saturated carbocycles. The predicted octanol–water partition coefficient (Wildman–Crippen LogP) is 0.248. The molecule has 9 heavy (non-hydrogen) atoms. The summed E-state index contributed by atoms with van der Waals surface area (Å²) in [4.78, 5) is 10.3. The first-order valence-electron chi connectivity index (χ1n) is 3.15. The van der Waals surface area contributed by atoms with Crippen molar-refractivity contribution in [2.45, 2.75) is 25.0 Å². The highest BCUT2D eigenvalue weighted by Gasteiger charge is 2.50. The van der Waals surface area contributed by atoms with Crippen LogP contribution in [0.5, 0.6) is 0 Å². The van der Waals surface area contributed by atoms with E-state index in [1.54, 1.807) is 0 Å². The molecule has 0 amide bonds. The number of aliphatic carboxylic acids is 1. The number of ether oxygens (including phenoxy) is 1. The third-order valence-corrected chi connectivity index (χ3v) is 2.07. The highest BCUT2D eigenvalue weighted by Crippen LogP contribution is 2.41. The Morgan fingerprint density at radius 3 is 2.33 bits per heavy atom. The lowest BCUT2D eigenvalue weighted by Crippen LogP contribution is -2.11. The molecule has 0 spiro atoms. The van der Waals surface area contributed by atoms with Crippen molar-refractivity contribution in [3.05, 3.63) is 0 Å². The number of rotatable bonds is 1. The fourth-order valence-corrected chi connectivity index (χ4v) is 1.45. The number of fused-ring (bicyclic) bond motifs is 1. The first-order valence-corrected chi connectivity index (χ1v) is 3.15. The fraction of sp³-hybridized carbons (Fsp3) is 0.833. The Bertz CT molecular complexity index is 144. The summed E-state index contributed by atoms with van der Waals surface area (Å²) in [5.74, 6) is -0.778. The van der Waals surface area contributed by atoms with Crippen LogP contribution in [0.3, 0.4) is 0 Å². The third-order valence-electron chi connectivity index (χ3n) is 2.07. The summed E-state index contributed by atoms with van der Waals surface area (Å²) in [7, 11) is 0. The van der Waals surface area contributed by atoms with Gasteiger partial charge >= 0.3 is 5.97 Å². The molecule has 2 fully saturated rings. The number of hydrogen-bond donors (Lipinski definition) is 1. The highest BCUT2D eigenvalue weighted by molar-refractivity contribution is 5.70. The van der Waals surface area contributed by atoms with Crippen LogP contribution in [-0.4, -0.2) is 23.3 Å². The minimum atomic E-state index is -0.661. The Morgan fingerprint density at radius 1 is 1.44 bits per heavy atom. The first kappa shape index (κ1) is 5.23. The summed E-state index contributed by atoms with van der Waals surface area (Å²) >= 11 is 0. The van der Waals surface area contributed by atoms with E-state index in [1.165, 1.54) is 0 Å². The standard InChI is InChI=1S/C6H8O3/c7-6(8)3-1-4-5(2-3)9-4/h3-5H,1-2H2,(H,7,8)/t3-,4-,5+. The SMILES string of the molecule is O=C(O)[C@H]1C[C@@H]2O[C@@H]2C1. The molecule has 2 rings (SSSR count). The molecule has 0 radical (unpaired) electrons. The van der Waals surface area contributed by atoms with Crippen LogP contribution in [0.2, 0.25) is 0 Å². The Labute approximate surface area is 52.6 Å². The van der Waals surface area contributed by atoms with Crippen molar-refractivity contribution >= 4 is 5.97 Å². The molecule has 0 unspecified atom stereocenters. The molecule has 3 nitrogen and oxygen atoms in total. The summed E-state index contributed by atoms with van der Waals surface area (Å²) in [5.41, 5.74) is 0. The molecule has 1 N–H and O–H groups in total. The maximum Gasteiger partial charge on any atom is 0.306 e. The second kappa shape index (κ2) is 1.48. The molecule has 1 aliphatic carbocycles. The van der Waals surface area contributed by atoms with Crippen LogP contribution >= 0.6 is 0 Å². The lowest BCUT2D eigenvalue weighted by molar-refractivity contribution is -0.142. The van der Waals surface area contributed by atoms with Crippen LogP contribution in [0.1, 0.15) is 12.8 Å². The van der Waals surface area contributed by atoms with Crippen molar-refractivity contribution in [3.8, 4) is 0 Å². The molecule has 0 aromatic rings. The second-order valence-corrected chi connectivity index (χ2v) is 2.72. The Kier molecular flexibility index (Phi) is 0.858. The number of carbonyl (C=O) groups is 1. The minimum Gasteiger partial charge on any atom is -0.481 e. The first-order chi connectivity index (χ1) is 4.27. The lowest BCUT2D eigenvalue weighted by atomic mass is 10.1. The summed E-state index contributed by atoms with van der Waals surface area (Å²) in [6, 6.07) is 0. The number of hydrogen-bond acceptors (Lipinski definition) is 2. The molecule has 1 saturated heterocycles. The van der Waals surface area contributed by atoms with Gasteiger partial charge in [0.05, 0.1) is 18.1 Å². The summed E-state index contributed by atoms with van der Waals surface area (Å²) in [6.07, 6.45) is 2.07. The van der Waals surface area contributed by atoms with Gasteiger partial charge in [-0.15, -0.1) is 0 Å². The monoisotopic (exact) mass is 128 g/mol. The van der Waals surface area contributed by atoms with Gasteiger partial charge in [-0.3, -0.25) is 4.79 Å². The summed E-state index contributed by atoms with van der Waals surface area (Å²) in [5, 5.41) is 8.50. The van der Waals surface area contributed by atoms with E-state index in [0.29, 0.717) is 12.2 Å². The van der Waals surface area contributed by atoms with Gasteiger partial charge in [-0.25, -0.2) is 0 Å². The zero-order valence-corrected chi connectivity index (χ0v) is 4.91. The predicted molar refractivity (Wildman–Crippen MR) is 29.0 cm³/mol. The highest BCUT2D eigenvalue weighted by atomic mass is 16.6. The van der Waals surface area contributed by atoms with Gasteiger partial charge in [0.15, 0.2) is 0 Å². The van der Waals surface area contributed by atoms with E-state index in [-0.39, 0.29) is 5.92 Å². The van der Waals surface area contributed by atoms with Gasteiger partial charge < -0.3 is 9.84 Å². The molecule has 1 aliphatic heterocycles. The van der Waals surface area contributed by atoms with Crippen LogP contribution in [-0.2, 0) is 9.53 Å². The normalized spacial score (nSPS) is 46.4. The van der Waals surface area contributed by atoms with Crippen LogP contribution in [0.15, 0.2) is 0 Å². The molecule has 0 aromatic heterocycles. The van der Waals surface area contributed by atoms with Crippen LogP contribution < -0.4 is 0 Å². The zero-order chi connectivity index (χ0) is 6.43. The largest absolute Gasteiger partial charge is 0.481 e. The van der Waals surface area contributed by atoms with Crippen molar-refractivity contribution in [1.29, 1.82) is 0 Å². The van der Waals surface area contributed by atoms with E-state index in [1.807, 2.05) is 0 Å². The topological polar surface area (TPSA) is 49.8 Å². The van der Waals surface area contributed by atoms with Gasteiger partial charge in [-0.1, -0.05) is 0 Å². The smallest absolute Gasteiger partial charge is 0.306 e. The van der Waals surface area contributed by atoms with Gasteiger partial charge in [-0.2, -0.15) is 0 Å². The lowest BCUT2D eigenvalue weighted by Gasteiger charge is -2.01. The molecular formula is C6H8O3. The molecule has 3 heteroatoms. The zero-order valence-electron chi connectivity index (χ0n) is 4.91. The van der Waals surface area contributed by atoms with Gasteiger partial charge in [0.1, 0.15) is 0 Å². The van der Waals surface area contributed by atoms with Gasteiger partial charge in [-0.05, 0) is 12.8 Å². The maximum absolute atomic E-state index is 10.3. The van der Waals surface area contributed by atoms with Crippen molar-refractivity contribution in [3.63, 3.8) is 0 Å². The van der Waals surface area contributed by atoms with E-state index in [9.17, 15) is 4.79 Å². The summed E-state index contributed by atoms with van der Waals surface area (Å²) in [6.45, 7) is 0. The average Bonchev–Trinajstić information content (AvgIpc) is 2.40. The minimum absolute atomic E-state index is 0.117. The molecule has 3 atom stereocenters. The van der Waals surface area contributed by atoms with E-state index in [2.05, 4.69) is 0 Å². The van der Waals surface area contributed by atoms with Crippen LogP contribution in [0, 0.1) is 5.92 Å². The van der Waals surface area contributed by atoms with Gasteiger partial charge in [0, 0.05) is 0 Å². The fourth-order valence-electron chi connectivity index (χ4n) is 1.45. The van der Waals surface area contributed by atoms with Crippen molar-refractivity contribution < 1.29 is 14.6 Å². The second-order valence-electron chi connectivity index (χ2n) is 2.72. The van der Waals surface area contributed by atoms with Crippen molar-refractivity contribution in [1.82, 2.24) is 0 Å². The molecule has 2 aliphatic rings. The van der Waals surface area contributed by atoms with Gasteiger partial charge in [0.2, 0.25) is 0 Å². The Balaban J connectivity index is 1.97. The Morgan fingerprint density at radius 2 is 2.00 bits per heavy atom. The number of carboxylic acids is 1. The maximum atomic E-state index is 10.3. The Hall–Kier alpha value is -0.570. The molecule has 50 valence electrons. The van der Waals surface area contributed by atoms with Crippen LogP contribution in [0.4, 0.5) is 0 Å².